The second kappa shape index (κ2) is 3.29. The zero-order valence-electron chi connectivity index (χ0n) is 7.88. The van der Waals surface area contributed by atoms with E-state index in [4.69, 9.17) is 5.11 Å². The lowest BCUT2D eigenvalue weighted by molar-refractivity contribution is -0.141. The molecule has 2 rings (SSSR count). The van der Waals surface area contributed by atoms with Gasteiger partial charge in [-0.3, -0.25) is 4.79 Å². The molecule has 0 aromatic carbocycles. The zero-order chi connectivity index (χ0) is 9.31. The second-order valence-corrected chi connectivity index (χ2v) is 4.51. The largest absolute Gasteiger partial charge is 0.480 e. The minimum absolute atomic E-state index is 0.285. The van der Waals surface area contributed by atoms with Gasteiger partial charge in [0.25, 0.3) is 0 Å². The van der Waals surface area contributed by atoms with Crippen molar-refractivity contribution in [2.45, 2.75) is 44.6 Å². The SMILES string of the molecule is O=C(O)C1CC2(CCCC2)CCN1. The maximum Gasteiger partial charge on any atom is 0.320 e. The molecule has 0 aromatic heterocycles. The average molecular weight is 183 g/mol. The molecule has 1 aliphatic carbocycles. The van der Waals surface area contributed by atoms with Gasteiger partial charge in [-0.2, -0.15) is 0 Å². The first-order chi connectivity index (χ1) is 6.22. The molecule has 74 valence electrons. The van der Waals surface area contributed by atoms with Crippen LogP contribution in [-0.2, 0) is 4.79 Å². The number of aliphatic carboxylic acids is 1. The van der Waals surface area contributed by atoms with Crippen molar-refractivity contribution in [3.05, 3.63) is 0 Å². The highest BCUT2D eigenvalue weighted by molar-refractivity contribution is 5.73. The summed E-state index contributed by atoms with van der Waals surface area (Å²) in [6, 6.07) is -0.285. The van der Waals surface area contributed by atoms with E-state index in [2.05, 4.69) is 5.32 Å². The summed E-state index contributed by atoms with van der Waals surface area (Å²) in [5.74, 6) is -0.675. The minimum Gasteiger partial charge on any atom is -0.480 e. The van der Waals surface area contributed by atoms with Gasteiger partial charge in [0.05, 0.1) is 0 Å². The minimum atomic E-state index is -0.675. The third kappa shape index (κ3) is 1.70. The molecular formula is C10H17NO2. The Morgan fingerprint density at radius 1 is 1.31 bits per heavy atom. The molecule has 13 heavy (non-hydrogen) atoms. The Kier molecular flexibility index (Phi) is 2.28. The molecule has 2 fully saturated rings. The van der Waals surface area contributed by atoms with Crippen LogP contribution in [0.15, 0.2) is 0 Å². The lowest BCUT2D eigenvalue weighted by Crippen LogP contribution is -2.47. The second-order valence-electron chi connectivity index (χ2n) is 4.51. The molecule has 1 heterocycles. The first-order valence-electron chi connectivity index (χ1n) is 5.18. The van der Waals surface area contributed by atoms with Gasteiger partial charge in [0, 0.05) is 0 Å². The molecule has 0 radical (unpaired) electrons. The summed E-state index contributed by atoms with van der Waals surface area (Å²) < 4.78 is 0. The van der Waals surface area contributed by atoms with E-state index >= 15 is 0 Å². The maximum absolute atomic E-state index is 10.8. The summed E-state index contributed by atoms with van der Waals surface area (Å²) in [7, 11) is 0. The van der Waals surface area contributed by atoms with Gasteiger partial charge in [-0.05, 0) is 37.6 Å². The Hall–Kier alpha value is -0.570. The van der Waals surface area contributed by atoms with Gasteiger partial charge < -0.3 is 10.4 Å². The van der Waals surface area contributed by atoms with Gasteiger partial charge in [0.1, 0.15) is 6.04 Å². The summed E-state index contributed by atoms with van der Waals surface area (Å²) in [6.45, 7) is 0.886. The van der Waals surface area contributed by atoms with Crippen LogP contribution < -0.4 is 5.32 Å². The lowest BCUT2D eigenvalue weighted by Gasteiger charge is -2.37. The Labute approximate surface area is 78.5 Å². The predicted molar refractivity (Wildman–Crippen MR) is 49.6 cm³/mol. The molecule has 1 spiro atoms. The molecule has 1 saturated carbocycles. The lowest BCUT2D eigenvalue weighted by atomic mass is 9.75. The topological polar surface area (TPSA) is 49.3 Å². The van der Waals surface area contributed by atoms with Crippen LogP contribution in [0.25, 0.3) is 0 Å². The van der Waals surface area contributed by atoms with Gasteiger partial charge in [0.15, 0.2) is 0 Å². The molecule has 3 heteroatoms. The van der Waals surface area contributed by atoms with Crippen LogP contribution in [-0.4, -0.2) is 23.7 Å². The number of carbonyl (C=O) groups is 1. The van der Waals surface area contributed by atoms with E-state index in [0.717, 1.165) is 13.0 Å². The predicted octanol–water partition coefficient (Wildman–Crippen LogP) is 1.38. The molecule has 0 aromatic rings. The molecule has 1 saturated heterocycles. The maximum atomic E-state index is 10.8. The number of rotatable bonds is 1. The fourth-order valence-electron chi connectivity index (χ4n) is 2.87. The third-order valence-electron chi connectivity index (χ3n) is 3.65. The number of carboxylic acid groups (broad SMARTS) is 1. The quantitative estimate of drug-likeness (QED) is 0.645. The van der Waals surface area contributed by atoms with Crippen molar-refractivity contribution >= 4 is 5.97 Å². The van der Waals surface area contributed by atoms with Crippen molar-refractivity contribution in [2.75, 3.05) is 6.54 Å². The molecule has 0 amide bonds. The van der Waals surface area contributed by atoms with E-state index in [1.54, 1.807) is 0 Å². The van der Waals surface area contributed by atoms with Gasteiger partial charge in [0.2, 0.25) is 0 Å². The van der Waals surface area contributed by atoms with Crippen molar-refractivity contribution in [2.24, 2.45) is 5.41 Å². The van der Waals surface area contributed by atoms with Crippen LogP contribution in [0.4, 0.5) is 0 Å². The fraction of sp³-hybridized carbons (Fsp3) is 0.900. The smallest absolute Gasteiger partial charge is 0.320 e. The number of hydrogen-bond donors (Lipinski definition) is 2. The van der Waals surface area contributed by atoms with Gasteiger partial charge >= 0.3 is 5.97 Å². The van der Waals surface area contributed by atoms with E-state index in [1.807, 2.05) is 0 Å². The first kappa shape index (κ1) is 9.00. The molecule has 1 aliphatic heterocycles. The molecule has 0 bridgehead atoms. The third-order valence-corrected chi connectivity index (χ3v) is 3.65. The average Bonchev–Trinajstić information content (AvgIpc) is 2.53. The van der Waals surface area contributed by atoms with Crippen LogP contribution in [0.5, 0.6) is 0 Å². The van der Waals surface area contributed by atoms with E-state index in [1.165, 1.54) is 32.1 Å². The molecule has 3 nitrogen and oxygen atoms in total. The fourth-order valence-corrected chi connectivity index (χ4v) is 2.87. The Bertz CT molecular complexity index is 209. The van der Waals surface area contributed by atoms with E-state index < -0.39 is 5.97 Å². The van der Waals surface area contributed by atoms with Gasteiger partial charge in [-0.25, -0.2) is 0 Å². The Morgan fingerprint density at radius 3 is 2.62 bits per heavy atom. The molecule has 1 unspecified atom stereocenters. The Balaban J connectivity index is 2.02. The molecule has 1 atom stereocenters. The zero-order valence-corrected chi connectivity index (χ0v) is 7.88. The van der Waals surface area contributed by atoms with Crippen molar-refractivity contribution < 1.29 is 9.90 Å². The number of nitrogens with one attached hydrogen (secondary N) is 1. The van der Waals surface area contributed by atoms with Crippen molar-refractivity contribution in [3.63, 3.8) is 0 Å². The molecular weight excluding hydrogens is 166 g/mol. The van der Waals surface area contributed by atoms with Crippen LogP contribution in [0.1, 0.15) is 38.5 Å². The van der Waals surface area contributed by atoms with E-state index in [9.17, 15) is 4.79 Å². The summed E-state index contributed by atoms with van der Waals surface area (Å²) in [5.41, 5.74) is 0.383. The van der Waals surface area contributed by atoms with Crippen LogP contribution in [0.3, 0.4) is 0 Å². The highest BCUT2D eigenvalue weighted by Gasteiger charge is 2.40. The number of hydrogen-bond acceptors (Lipinski definition) is 2. The monoisotopic (exact) mass is 183 g/mol. The number of piperidine rings is 1. The van der Waals surface area contributed by atoms with Crippen LogP contribution in [0.2, 0.25) is 0 Å². The summed E-state index contributed by atoms with van der Waals surface area (Å²) in [4.78, 5) is 10.8. The van der Waals surface area contributed by atoms with Crippen LogP contribution in [0, 0.1) is 5.41 Å². The van der Waals surface area contributed by atoms with Crippen LogP contribution >= 0.6 is 0 Å². The van der Waals surface area contributed by atoms with E-state index in [-0.39, 0.29) is 6.04 Å². The summed E-state index contributed by atoms with van der Waals surface area (Å²) in [6.07, 6.45) is 7.12. The Morgan fingerprint density at radius 2 is 2.00 bits per heavy atom. The summed E-state index contributed by atoms with van der Waals surface area (Å²) >= 11 is 0. The standard InChI is InChI=1S/C10H17NO2/c12-9(13)8-7-10(5-6-11-8)3-1-2-4-10/h8,11H,1-7H2,(H,12,13). The highest BCUT2D eigenvalue weighted by atomic mass is 16.4. The summed E-state index contributed by atoms with van der Waals surface area (Å²) in [5, 5.41) is 12.0. The van der Waals surface area contributed by atoms with Gasteiger partial charge in [-0.15, -0.1) is 0 Å². The van der Waals surface area contributed by atoms with Gasteiger partial charge in [-0.1, -0.05) is 12.8 Å². The first-order valence-corrected chi connectivity index (χ1v) is 5.18. The van der Waals surface area contributed by atoms with Crippen molar-refractivity contribution in [1.29, 1.82) is 0 Å². The normalized spacial score (nSPS) is 32.2. The molecule has 2 N–H and O–H groups in total. The van der Waals surface area contributed by atoms with Crippen molar-refractivity contribution in [1.82, 2.24) is 5.32 Å². The number of carboxylic acids is 1. The van der Waals surface area contributed by atoms with E-state index in [0.29, 0.717) is 5.41 Å². The van der Waals surface area contributed by atoms with Crippen molar-refractivity contribution in [3.8, 4) is 0 Å². The molecule has 2 aliphatic rings. The highest BCUT2D eigenvalue weighted by Crippen LogP contribution is 2.46.